The number of amides is 1. The van der Waals surface area contributed by atoms with Gasteiger partial charge in [0.05, 0.1) is 18.1 Å². The Morgan fingerprint density at radius 3 is 2.65 bits per heavy atom. The van der Waals surface area contributed by atoms with Gasteiger partial charge in [0.25, 0.3) is 0 Å². The monoisotopic (exact) mass is 376 g/mol. The van der Waals surface area contributed by atoms with Crippen molar-refractivity contribution in [2.24, 2.45) is 5.41 Å². The van der Waals surface area contributed by atoms with Crippen LogP contribution in [0.15, 0.2) is 11.4 Å². The number of nitrogens with zero attached hydrogens (tertiary/aromatic N) is 5. The van der Waals surface area contributed by atoms with Gasteiger partial charge in [-0.1, -0.05) is 32.5 Å². The molecule has 3 rings (SSSR count). The molecule has 1 N–H and O–H groups in total. The molecule has 0 saturated carbocycles. The van der Waals surface area contributed by atoms with Crippen LogP contribution < -0.4 is 10.2 Å². The highest BCUT2D eigenvalue weighted by molar-refractivity contribution is 7.98. The Kier molecular flexibility index (Phi) is 5.70. The van der Waals surface area contributed by atoms with Crippen LogP contribution in [0, 0.1) is 5.41 Å². The van der Waals surface area contributed by atoms with Gasteiger partial charge in [-0.15, -0.1) is 0 Å². The first-order valence-electron chi connectivity index (χ1n) is 9.16. The van der Waals surface area contributed by atoms with Crippen molar-refractivity contribution in [3.63, 3.8) is 0 Å². The zero-order chi connectivity index (χ0) is 18.7. The maximum Gasteiger partial charge on any atom is 0.220 e. The average Bonchev–Trinajstić information content (AvgIpc) is 3.22. The fourth-order valence-corrected chi connectivity index (χ4v) is 3.55. The Labute approximate surface area is 158 Å². The number of fused-ring (bicyclic) bond motifs is 1. The Morgan fingerprint density at radius 2 is 2.00 bits per heavy atom. The van der Waals surface area contributed by atoms with E-state index in [0.29, 0.717) is 19.5 Å². The highest BCUT2D eigenvalue weighted by Gasteiger charge is 2.21. The van der Waals surface area contributed by atoms with Gasteiger partial charge in [-0.2, -0.15) is 5.10 Å². The molecule has 1 aliphatic heterocycles. The molecule has 0 spiro atoms. The molecule has 3 heterocycles. The summed E-state index contributed by atoms with van der Waals surface area (Å²) >= 11 is 1.54. The summed E-state index contributed by atoms with van der Waals surface area (Å²) in [5.41, 5.74) is 0.837. The van der Waals surface area contributed by atoms with Gasteiger partial charge in [0.2, 0.25) is 5.91 Å². The van der Waals surface area contributed by atoms with Gasteiger partial charge in [-0.3, -0.25) is 4.79 Å². The van der Waals surface area contributed by atoms with E-state index in [1.165, 1.54) is 12.8 Å². The summed E-state index contributed by atoms with van der Waals surface area (Å²) in [5.74, 6) is 1.06. The number of aromatic nitrogens is 4. The first-order chi connectivity index (χ1) is 12.4. The van der Waals surface area contributed by atoms with Gasteiger partial charge in [0.1, 0.15) is 5.82 Å². The van der Waals surface area contributed by atoms with E-state index in [1.807, 2.05) is 17.1 Å². The third kappa shape index (κ3) is 4.47. The minimum Gasteiger partial charge on any atom is -0.356 e. The van der Waals surface area contributed by atoms with E-state index in [9.17, 15) is 4.79 Å². The maximum absolute atomic E-state index is 12.0. The van der Waals surface area contributed by atoms with Crippen molar-refractivity contribution in [3.8, 4) is 0 Å². The van der Waals surface area contributed by atoms with Crippen molar-refractivity contribution in [3.05, 3.63) is 6.20 Å². The number of rotatable bonds is 6. The summed E-state index contributed by atoms with van der Waals surface area (Å²) in [6.07, 6.45) is 6.76. The molecule has 0 radical (unpaired) electrons. The van der Waals surface area contributed by atoms with Gasteiger partial charge < -0.3 is 10.2 Å². The van der Waals surface area contributed by atoms with Crippen LogP contribution in [-0.4, -0.2) is 51.5 Å². The number of thioether (sulfide) groups is 1. The first-order valence-corrected chi connectivity index (χ1v) is 10.4. The van der Waals surface area contributed by atoms with Crippen LogP contribution in [0.2, 0.25) is 0 Å². The topological polar surface area (TPSA) is 75.9 Å². The summed E-state index contributed by atoms with van der Waals surface area (Å²) in [7, 11) is 0. The van der Waals surface area contributed by atoms with Crippen LogP contribution in [0.3, 0.4) is 0 Å². The third-order valence-electron chi connectivity index (χ3n) is 4.38. The van der Waals surface area contributed by atoms with Crippen molar-refractivity contribution in [2.45, 2.75) is 51.7 Å². The molecule has 0 unspecified atom stereocenters. The Hall–Kier alpha value is -1.83. The maximum atomic E-state index is 12.0. The van der Waals surface area contributed by atoms with Crippen molar-refractivity contribution in [2.75, 3.05) is 30.8 Å². The molecule has 0 atom stereocenters. The lowest BCUT2D eigenvalue weighted by Gasteiger charge is -2.18. The number of anilines is 1. The molecule has 0 aromatic carbocycles. The van der Waals surface area contributed by atoms with E-state index < -0.39 is 0 Å². The summed E-state index contributed by atoms with van der Waals surface area (Å²) in [6.45, 7) is 9.41. The minimum absolute atomic E-state index is 0.00636. The second-order valence-electron chi connectivity index (χ2n) is 7.92. The number of carbonyl (C=O) groups excluding carboxylic acids is 1. The Bertz CT molecular complexity index is 776. The van der Waals surface area contributed by atoms with Gasteiger partial charge in [-0.25, -0.2) is 14.6 Å². The largest absolute Gasteiger partial charge is 0.356 e. The van der Waals surface area contributed by atoms with E-state index >= 15 is 0 Å². The van der Waals surface area contributed by atoms with E-state index in [0.717, 1.165) is 35.1 Å². The normalized spacial score (nSPS) is 15.0. The van der Waals surface area contributed by atoms with Crippen molar-refractivity contribution in [1.82, 2.24) is 25.1 Å². The molecule has 8 heteroatoms. The SMILES string of the molecule is CSc1nc(N2CCCC2)c2cnn(CCNC(=O)CC(C)(C)C)c2n1. The molecular formula is C18H28N6OS. The number of hydrogen-bond donors (Lipinski definition) is 1. The van der Waals surface area contributed by atoms with Gasteiger partial charge in [-0.05, 0) is 24.5 Å². The van der Waals surface area contributed by atoms with Crippen LogP contribution in [0.5, 0.6) is 0 Å². The highest BCUT2D eigenvalue weighted by atomic mass is 32.2. The predicted octanol–water partition coefficient (Wildman–Crippen LogP) is 2.70. The molecule has 7 nitrogen and oxygen atoms in total. The molecular weight excluding hydrogens is 348 g/mol. The van der Waals surface area contributed by atoms with Crippen molar-refractivity contribution >= 4 is 34.5 Å². The van der Waals surface area contributed by atoms with E-state index in [2.05, 4.69) is 41.1 Å². The molecule has 1 aliphatic rings. The third-order valence-corrected chi connectivity index (χ3v) is 4.93. The second-order valence-corrected chi connectivity index (χ2v) is 8.69. The standard InChI is InChI=1S/C18H28N6OS/c1-18(2,3)11-14(25)19-7-10-24-16-13(12-20-24)15(21-17(22-16)26-4)23-8-5-6-9-23/h12H,5-11H2,1-4H3,(H,19,25). The van der Waals surface area contributed by atoms with E-state index in [4.69, 9.17) is 4.98 Å². The molecule has 0 aliphatic carbocycles. The van der Waals surface area contributed by atoms with E-state index in [1.54, 1.807) is 11.8 Å². The average molecular weight is 377 g/mol. The molecule has 1 saturated heterocycles. The summed E-state index contributed by atoms with van der Waals surface area (Å²) in [4.78, 5) is 23.7. The molecule has 1 fully saturated rings. The molecule has 142 valence electrons. The minimum atomic E-state index is -0.00636. The van der Waals surface area contributed by atoms with Gasteiger partial charge in [0, 0.05) is 26.1 Å². The number of hydrogen-bond acceptors (Lipinski definition) is 6. The second kappa shape index (κ2) is 7.82. The van der Waals surface area contributed by atoms with Crippen molar-refractivity contribution in [1.29, 1.82) is 0 Å². The molecule has 1 amide bonds. The predicted molar refractivity (Wildman–Crippen MR) is 106 cm³/mol. The van der Waals surface area contributed by atoms with Crippen LogP contribution in [-0.2, 0) is 11.3 Å². The summed E-state index contributed by atoms with van der Waals surface area (Å²) in [5, 5.41) is 9.24. The van der Waals surface area contributed by atoms with Crippen LogP contribution in [0.4, 0.5) is 5.82 Å². The Morgan fingerprint density at radius 1 is 1.27 bits per heavy atom. The quantitative estimate of drug-likeness (QED) is 0.617. The summed E-state index contributed by atoms with van der Waals surface area (Å²) < 4.78 is 1.87. The van der Waals surface area contributed by atoms with E-state index in [-0.39, 0.29) is 11.3 Å². The number of carbonyl (C=O) groups is 1. The number of nitrogens with one attached hydrogen (secondary N) is 1. The smallest absolute Gasteiger partial charge is 0.220 e. The van der Waals surface area contributed by atoms with Crippen LogP contribution >= 0.6 is 11.8 Å². The fourth-order valence-electron chi connectivity index (χ4n) is 3.19. The van der Waals surface area contributed by atoms with Crippen LogP contribution in [0.25, 0.3) is 11.0 Å². The van der Waals surface area contributed by atoms with Crippen LogP contribution in [0.1, 0.15) is 40.0 Å². The molecule has 2 aromatic heterocycles. The Balaban J connectivity index is 1.75. The lowest BCUT2D eigenvalue weighted by atomic mass is 9.92. The summed E-state index contributed by atoms with van der Waals surface area (Å²) in [6, 6.07) is 0. The lowest BCUT2D eigenvalue weighted by molar-refractivity contribution is -0.122. The highest BCUT2D eigenvalue weighted by Crippen LogP contribution is 2.28. The lowest BCUT2D eigenvalue weighted by Crippen LogP contribution is -2.30. The zero-order valence-electron chi connectivity index (χ0n) is 16.1. The fraction of sp³-hybridized carbons (Fsp3) is 0.667. The van der Waals surface area contributed by atoms with Crippen molar-refractivity contribution < 1.29 is 4.79 Å². The van der Waals surface area contributed by atoms with Gasteiger partial charge >= 0.3 is 0 Å². The zero-order valence-corrected chi connectivity index (χ0v) is 16.9. The molecule has 26 heavy (non-hydrogen) atoms. The first kappa shape index (κ1) is 18.9. The van der Waals surface area contributed by atoms with Gasteiger partial charge in [0.15, 0.2) is 10.8 Å². The molecule has 0 bridgehead atoms. The molecule has 2 aromatic rings.